The maximum absolute atomic E-state index is 5.88. The average Bonchev–Trinajstić information content (AvgIpc) is 2.86. The molecule has 2 aromatic rings. The van der Waals surface area contributed by atoms with Gasteiger partial charge in [-0.3, -0.25) is 4.68 Å². The van der Waals surface area contributed by atoms with Gasteiger partial charge in [-0.25, -0.2) is 4.99 Å². The largest absolute Gasteiger partial charge is 0.492 e. The third-order valence-electron chi connectivity index (χ3n) is 4.34. The van der Waals surface area contributed by atoms with Gasteiger partial charge in [-0.05, 0) is 63.9 Å². The molecule has 0 bridgehead atoms. The Morgan fingerprint density at radius 2 is 2.00 bits per heavy atom. The Morgan fingerprint density at radius 1 is 1.30 bits per heavy atom. The van der Waals surface area contributed by atoms with Crippen LogP contribution in [-0.2, 0) is 13.5 Å². The van der Waals surface area contributed by atoms with Crippen LogP contribution in [0.2, 0.25) is 5.02 Å². The molecule has 1 heterocycles. The Balaban J connectivity index is 1.87. The van der Waals surface area contributed by atoms with E-state index >= 15 is 0 Å². The van der Waals surface area contributed by atoms with E-state index in [2.05, 4.69) is 48.4 Å². The van der Waals surface area contributed by atoms with E-state index in [4.69, 9.17) is 16.3 Å². The second-order valence-electron chi connectivity index (χ2n) is 6.59. The second-order valence-corrected chi connectivity index (χ2v) is 7.02. The lowest BCUT2D eigenvalue weighted by Crippen LogP contribution is -2.43. The van der Waals surface area contributed by atoms with Gasteiger partial charge in [0.25, 0.3) is 0 Å². The van der Waals surface area contributed by atoms with E-state index < -0.39 is 0 Å². The molecule has 7 heteroatoms. The van der Waals surface area contributed by atoms with Crippen LogP contribution in [0.5, 0.6) is 5.75 Å². The summed E-state index contributed by atoms with van der Waals surface area (Å²) >= 11 is 5.88. The standard InChI is InChI=1S/C20H30ClN5O/c1-6-22-20(23-11-12-27-18-9-7-17(21)8-10-18)24-14(2)13-19-15(3)25-26(5)16(19)4/h7-10,14H,6,11-13H2,1-5H3,(H2,22,23,24). The zero-order valence-electron chi connectivity index (χ0n) is 16.8. The van der Waals surface area contributed by atoms with E-state index in [1.54, 1.807) is 0 Å². The third-order valence-corrected chi connectivity index (χ3v) is 4.59. The maximum Gasteiger partial charge on any atom is 0.191 e. The highest BCUT2D eigenvalue weighted by molar-refractivity contribution is 6.30. The number of hydrogen-bond acceptors (Lipinski definition) is 3. The zero-order chi connectivity index (χ0) is 19.8. The first-order valence-corrected chi connectivity index (χ1v) is 9.70. The highest BCUT2D eigenvalue weighted by Gasteiger charge is 2.13. The number of nitrogens with zero attached hydrogens (tertiary/aromatic N) is 3. The van der Waals surface area contributed by atoms with Crippen molar-refractivity contribution < 1.29 is 4.74 Å². The van der Waals surface area contributed by atoms with Crippen LogP contribution in [0, 0.1) is 13.8 Å². The van der Waals surface area contributed by atoms with Crippen LogP contribution < -0.4 is 15.4 Å². The molecule has 1 aromatic carbocycles. The lowest BCUT2D eigenvalue weighted by molar-refractivity contribution is 0.328. The first-order valence-electron chi connectivity index (χ1n) is 9.33. The van der Waals surface area contributed by atoms with E-state index in [0.29, 0.717) is 18.2 Å². The highest BCUT2D eigenvalue weighted by atomic mass is 35.5. The number of hydrogen-bond donors (Lipinski definition) is 2. The van der Waals surface area contributed by atoms with Crippen molar-refractivity contribution in [3.63, 3.8) is 0 Å². The van der Waals surface area contributed by atoms with Gasteiger partial charge in [0.1, 0.15) is 12.4 Å². The molecule has 2 N–H and O–H groups in total. The molecule has 0 radical (unpaired) electrons. The summed E-state index contributed by atoms with van der Waals surface area (Å²) in [6, 6.07) is 7.58. The van der Waals surface area contributed by atoms with Crippen molar-refractivity contribution in [2.24, 2.45) is 12.0 Å². The Hall–Kier alpha value is -2.21. The lowest BCUT2D eigenvalue weighted by Gasteiger charge is -2.18. The van der Waals surface area contributed by atoms with Gasteiger partial charge in [0, 0.05) is 30.4 Å². The van der Waals surface area contributed by atoms with Crippen LogP contribution in [0.3, 0.4) is 0 Å². The Bertz CT molecular complexity index is 754. The summed E-state index contributed by atoms with van der Waals surface area (Å²) in [6.07, 6.45) is 0.900. The van der Waals surface area contributed by atoms with Crippen molar-refractivity contribution >= 4 is 17.6 Å². The lowest BCUT2D eigenvalue weighted by atomic mass is 10.1. The number of guanidine groups is 1. The predicted octanol–water partition coefficient (Wildman–Crippen LogP) is 3.26. The van der Waals surface area contributed by atoms with Crippen LogP contribution in [0.25, 0.3) is 0 Å². The molecule has 1 aromatic heterocycles. The molecule has 0 fully saturated rings. The van der Waals surface area contributed by atoms with Crippen molar-refractivity contribution in [2.75, 3.05) is 19.7 Å². The Kier molecular flexibility index (Phi) is 7.98. The first-order chi connectivity index (χ1) is 12.9. The molecule has 0 aliphatic heterocycles. The van der Waals surface area contributed by atoms with Crippen LogP contribution in [0.4, 0.5) is 0 Å². The molecule has 27 heavy (non-hydrogen) atoms. The fourth-order valence-electron chi connectivity index (χ4n) is 2.88. The molecular formula is C20H30ClN5O. The van der Waals surface area contributed by atoms with Gasteiger partial charge in [-0.2, -0.15) is 5.10 Å². The number of aromatic nitrogens is 2. The van der Waals surface area contributed by atoms with Crippen molar-refractivity contribution in [3.8, 4) is 5.75 Å². The summed E-state index contributed by atoms with van der Waals surface area (Å²) in [5.74, 6) is 1.59. The molecular weight excluding hydrogens is 362 g/mol. The normalized spacial score (nSPS) is 12.7. The monoisotopic (exact) mass is 391 g/mol. The number of ether oxygens (including phenoxy) is 1. The number of aliphatic imine (C=N–C) groups is 1. The van der Waals surface area contributed by atoms with Gasteiger partial charge < -0.3 is 15.4 Å². The minimum absolute atomic E-state index is 0.238. The third kappa shape index (κ3) is 6.47. The summed E-state index contributed by atoms with van der Waals surface area (Å²) < 4.78 is 7.63. The van der Waals surface area contributed by atoms with Crippen LogP contribution in [0.1, 0.15) is 30.8 Å². The van der Waals surface area contributed by atoms with E-state index in [1.807, 2.05) is 36.0 Å². The smallest absolute Gasteiger partial charge is 0.191 e. The van der Waals surface area contributed by atoms with Crippen LogP contribution in [0.15, 0.2) is 29.3 Å². The number of benzene rings is 1. The van der Waals surface area contributed by atoms with Gasteiger partial charge >= 0.3 is 0 Å². The SMILES string of the molecule is CCNC(=NCCOc1ccc(Cl)cc1)NC(C)Cc1c(C)nn(C)c1C. The van der Waals surface area contributed by atoms with E-state index in [-0.39, 0.29) is 6.04 Å². The molecule has 148 valence electrons. The number of nitrogens with one attached hydrogen (secondary N) is 2. The summed E-state index contributed by atoms with van der Waals surface area (Å²) in [5, 5.41) is 11.9. The predicted molar refractivity (Wildman–Crippen MR) is 112 cm³/mol. The summed E-state index contributed by atoms with van der Waals surface area (Å²) in [7, 11) is 1.98. The molecule has 1 atom stereocenters. The van der Waals surface area contributed by atoms with Crippen molar-refractivity contribution in [3.05, 3.63) is 46.2 Å². The molecule has 6 nitrogen and oxygen atoms in total. The highest BCUT2D eigenvalue weighted by Crippen LogP contribution is 2.15. The topological polar surface area (TPSA) is 63.5 Å². The summed E-state index contributed by atoms with van der Waals surface area (Å²) in [5.41, 5.74) is 3.58. The van der Waals surface area contributed by atoms with Crippen molar-refractivity contribution in [2.45, 2.75) is 40.2 Å². The quantitative estimate of drug-likeness (QED) is 0.412. The van der Waals surface area contributed by atoms with Crippen LogP contribution >= 0.6 is 11.6 Å². The Labute approximate surface area is 167 Å². The van der Waals surface area contributed by atoms with Gasteiger partial charge in [0.2, 0.25) is 0 Å². The van der Waals surface area contributed by atoms with Gasteiger partial charge in [0.05, 0.1) is 12.2 Å². The number of aryl methyl sites for hydroxylation is 2. The molecule has 0 saturated heterocycles. The summed E-state index contributed by atoms with van der Waals surface area (Å²) in [6.45, 7) is 10.3. The van der Waals surface area contributed by atoms with Crippen LogP contribution in [-0.4, -0.2) is 41.5 Å². The molecule has 2 rings (SSSR count). The first kappa shape index (κ1) is 21.1. The van der Waals surface area contributed by atoms with E-state index in [9.17, 15) is 0 Å². The van der Waals surface area contributed by atoms with E-state index in [1.165, 1.54) is 11.3 Å². The van der Waals surface area contributed by atoms with Gasteiger partial charge in [0.15, 0.2) is 5.96 Å². The molecule has 1 unspecified atom stereocenters. The zero-order valence-corrected chi connectivity index (χ0v) is 17.6. The molecule has 0 spiro atoms. The maximum atomic E-state index is 5.88. The molecule has 0 saturated carbocycles. The molecule has 0 aliphatic carbocycles. The average molecular weight is 392 g/mol. The fraction of sp³-hybridized carbons (Fsp3) is 0.500. The minimum atomic E-state index is 0.238. The minimum Gasteiger partial charge on any atom is -0.492 e. The Morgan fingerprint density at radius 3 is 2.59 bits per heavy atom. The molecule has 0 aliphatic rings. The number of halogens is 1. The van der Waals surface area contributed by atoms with Crippen molar-refractivity contribution in [1.29, 1.82) is 0 Å². The number of rotatable bonds is 8. The van der Waals surface area contributed by atoms with Gasteiger partial charge in [-0.15, -0.1) is 0 Å². The molecule has 0 amide bonds. The van der Waals surface area contributed by atoms with E-state index in [0.717, 1.165) is 30.4 Å². The summed E-state index contributed by atoms with van der Waals surface area (Å²) in [4.78, 5) is 4.60. The fourth-order valence-corrected chi connectivity index (χ4v) is 3.00. The van der Waals surface area contributed by atoms with Gasteiger partial charge in [-0.1, -0.05) is 11.6 Å². The second kappa shape index (κ2) is 10.2. The van der Waals surface area contributed by atoms with Crippen molar-refractivity contribution in [1.82, 2.24) is 20.4 Å².